The predicted molar refractivity (Wildman–Crippen MR) is 73.5 cm³/mol. The zero-order chi connectivity index (χ0) is 14.9. The molecule has 108 valence electrons. The number of hydrogen-bond donors (Lipinski definition) is 2. The standard InChI is InChI=1S/C9H8N2O5S4.Na/c1-17-8-10-11-9(19-8)18-6-3-4(20(14,15)16)2-5(12)7(6)13;/h2-3,12-13H,1H3,(H,14,15,16);/q;+1/p-1. The Kier molecular flexibility index (Phi) is 6.80. The Morgan fingerprint density at radius 1 is 1.24 bits per heavy atom. The average Bonchev–Trinajstić information content (AvgIpc) is 2.81. The maximum atomic E-state index is 11.0. The van der Waals surface area contributed by atoms with Gasteiger partial charge in [-0.25, -0.2) is 8.42 Å². The Morgan fingerprint density at radius 3 is 2.38 bits per heavy atom. The molecular formula is C9H7N2NaO5S4. The first-order valence-electron chi connectivity index (χ1n) is 4.88. The van der Waals surface area contributed by atoms with Gasteiger partial charge in [-0.1, -0.05) is 34.9 Å². The fraction of sp³-hybridized carbons (Fsp3) is 0.111. The number of thioether (sulfide) groups is 1. The summed E-state index contributed by atoms with van der Waals surface area (Å²) in [6, 6.07) is 1.69. The number of nitrogens with zero attached hydrogens (tertiary/aromatic N) is 2. The van der Waals surface area contributed by atoms with E-state index in [4.69, 9.17) is 0 Å². The minimum Gasteiger partial charge on any atom is -0.744 e. The number of phenolic OH excluding ortho intramolecular Hbond substituents is 2. The van der Waals surface area contributed by atoms with Gasteiger partial charge in [0, 0.05) is 6.07 Å². The summed E-state index contributed by atoms with van der Waals surface area (Å²) in [5.41, 5.74) is 0. The van der Waals surface area contributed by atoms with Crippen LogP contribution in [0.1, 0.15) is 0 Å². The summed E-state index contributed by atoms with van der Waals surface area (Å²) < 4.78 is 34.0. The van der Waals surface area contributed by atoms with E-state index in [9.17, 15) is 23.2 Å². The van der Waals surface area contributed by atoms with Crippen LogP contribution in [0.5, 0.6) is 11.5 Å². The largest absolute Gasteiger partial charge is 1.00 e. The quantitative estimate of drug-likeness (QED) is 0.292. The Balaban J connectivity index is 0.00000220. The molecule has 0 aliphatic heterocycles. The first kappa shape index (κ1) is 19.0. The molecule has 1 heterocycles. The zero-order valence-electron chi connectivity index (χ0n) is 10.8. The van der Waals surface area contributed by atoms with Gasteiger partial charge in [0.2, 0.25) is 0 Å². The van der Waals surface area contributed by atoms with Gasteiger partial charge in [0.05, 0.1) is 9.79 Å². The molecule has 0 bridgehead atoms. The second kappa shape index (κ2) is 7.51. The van der Waals surface area contributed by atoms with Gasteiger partial charge in [0.25, 0.3) is 0 Å². The SMILES string of the molecule is CSc1nnc(Sc2cc(S(=O)(=O)[O-])cc(O)c2O)s1.[Na+]. The van der Waals surface area contributed by atoms with Gasteiger partial charge in [0.1, 0.15) is 10.1 Å². The molecule has 2 N–H and O–H groups in total. The van der Waals surface area contributed by atoms with Crippen molar-refractivity contribution < 1.29 is 52.7 Å². The van der Waals surface area contributed by atoms with E-state index in [1.807, 2.05) is 6.26 Å². The minimum absolute atomic E-state index is 0. The summed E-state index contributed by atoms with van der Waals surface area (Å²) >= 11 is 3.54. The number of aromatic hydroxyl groups is 2. The number of benzene rings is 1. The second-order valence-corrected chi connectivity index (χ2v) is 8.08. The van der Waals surface area contributed by atoms with Crippen molar-refractivity contribution in [3.8, 4) is 11.5 Å². The van der Waals surface area contributed by atoms with Gasteiger partial charge in [0.15, 0.2) is 20.2 Å². The van der Waals surface area contributed by atoms with Gasteiger partial charge < -0.3 is 14.8 Å². The van der Waals surface area contributed by atoms with Crippen molar-refractivity contribution in [3.63, 3.8) is 0 Å². The Labute approximate surface area is 155 Å². The van der Waals surface area contributed by atoms with E-state index in [-0.39, 0.29) is 34.5 Å². The first-order chi connectivity index (χ1) is 9.31. The van der Waals surface area contributed by atoms with Crippen LogP contribution in [0.2, 0.25) is 0 Å². The molecule has 0 atom stereocenters. The maximum absolute atomic E-state index is 11.0. The molecule has 2 rings (SSSR count). The summed E-state index contributed by atoms with van der Waals surface area (Å²) in [4.78, 5) is -0.604. The van der Waals surface area contributed by atoms with E-state index in [1.165, 1.54) is 23.1 Å². The molecule has 12 heteroatoms. The number of phenols is 2. The average molecular weight is 374 g/mol. The number of rotatable bonds is 4. The molecular weight excluding hydrogens is 367 g/mol. The van der Waals surface area contributed by atoms with Crippen molar-refractivity contribution in [1.82, 2.24) is 10.2 Å². The van der Waals surface area contributed by atoms with Crippen LogP contribution in [0.25, 0.3) is 0 Å². The summed E-state index contributed by atoms with van der Waals surface area (Å²) in [6.45, 7) is 0. The molecule has 1 aromatic heterocycles. The van der Waals surface area contributed by atoms with Gasteiger partial charge in [-0.2, -0.15) is 0 Å². The van der Waals surface area contributed by atoms with E-state index in [0.717, 1.165) is 17.8 Å². The van der Waals surface area contributed by atoms with Crippen molar-refractivity contribution in [2.75, 3.05) is 6.26 Å². The zero-order valence-corrected chi connectivity index (χ0v) is 16.1. The van der Waals surface area contributed by atoms with Crippen molar-refractivity contribution in [1.29, 1.82) is 0 Å². The second-order valence-electron chi connectivity index (χ2n) is 3.38. The molecule has 0 radical (unpaired) electrons. The van der Waals surface area contributed by atoms with E-state index >= 15 is 0 Å². The van der Waals surface area contributed by atoms with E-state index in [1.54, 1.807) is 0 Å². The molecule has 0 amide bonds. The third kappa shape index (κ3) is 4.73. The van der Waals surface area contributed by atoms with Crippen LogP contribution in [-0.2, 0) is 10.1 Å². The monoisotopic (exact) mass is 374 g/mol. The molecule has 0 aliphatic rings. The van der Waals surface area contributed by atoms with E-state index < -0.39 is 26.5 Å². The molecule has 2 aromatic rings. The van der Waals surface area contributed by atoms with Gasteiger partial charge in [-0.3, -0.25) is 0 Å². The molecule has 1 aromatic carbocycles. The summed E-state index contributed by atoms with van der Waals surface area (Å²) in [5.74, 6) is -1.19. The Bertz CT molecular complexity index is 749. The van der Waals surface area contributed by atoms with Gasteiger partial charge in [-0.15, -0.1) is 10.2 Å². The van der Waals surface area contributed by atoms with E-state index in [0.29, 0.717) is 14.7 Å². The van der Waals surface area contributed by atoms with Crippen molar-refractivity contribution in [2.24, 2.45) is 0 Å². The summed E-state index contributed by atoms with van der Waals surface area (Å²) in [7, 11) is -4.73. The fourth-order valence-corrected chi connectivity index (χ4v) is 4.29. The van der Waals surface area contributed by atoms with Crippen molar-refractivity contribution >= 4 is 45.0 Å². The van der Waals surface area contributed by atoms with Crippen LogP contribution in [0.3, 0.4) is 0 Å². The molecule has 0 aliphatic carbocycles. The molecule has 0 unspecified atom stereocenters. The molecule has 0 fully saturated rings. The molecule has 0 spiro atoms. The fourth-order valence-electron chi connectivity index (χ4n) is 1.21. The topological polar surface area (TPSA) is 123 Å². The Hall–Kier alpha value is -0.0100. The van der Waals surface area contributed by atoms with Crippen LogP contribution < -0.4 is 29.6 Å². The van der Waals surface area contributed by atoms with Gasteiger partial charge >= 0.3 is 29.6 Å². The van der Waals surface area contributed by atoms with Crippen LogP contribution in [0, 0.1) is 0 Å². The smallest absolute Gasteiger partial charge is 0.744 e. The molecule has 7 nitrogen and oxygen atoms in total. The van der Waals surface area contributed by atoms with Crippen molar-refractivity contribution in [3.05, 3.63) is 12.1 Å². The number of aromatic nitrogens is 2. The van der Waals surface area contributed by atoms with Crippen LogP contribution in [0.15, 0.2) is 30.6 Å². The number of hydrogen-bond acceptors (Lipinski definition) is 10. The third-order valence-corrected chi connectivity index (χ3v) is 5.87. The third-order valence-electron chi connectivity index (χ3n) is 2.08. The van der Waals surface area contributed by atoms with E-state index in [2.05, 4.69) is 10.2 Å². The van der Waals surface area contributed by atoms with Crippen molar-refractivity contribution in [2.45, 2.75) is 18.5 Å². The first-order valence-corrected chi connectivity index (χ1v) is 9.15. The van der Waals surface area contributed by atoms with Crippen LogP contribution >= 0.6 is 34.9 Å². The Morgan fingerprint density at radius 2 is 1.86 bits per heavy atom. The minimum atomic E-state index is -4.73. The maximum Gasteiger partial charge on any atom is 1.00 e. The molecule has 0 saturated heterocycles. The molecule has 21 heavy (non-hydrogen) atoms. The normalized spacial score (nSPS) is 11.1. The van der Waals surface area contributed by atoms with Gasteiger partial charge in [-0.05, 0) is 12.3 Å². The van der Waals surface area contributed by atoms with Crippen LogP contribution in [0.4, 0.5) is 0 Å². The summed E-state index contributed by atoms with van der Waals surface area (Å²) in [6.07, 6.45) is 1.82. The van der Waals surface area contributed by atoms with Crippen LogP contribution in [-0.4, -0.2) is 39.6 Å². The molecule has 0 saturated carbocycles. The summed E-state index contributed by atoms with van der Waals surface area (Å²) in [5, 5.41) is 26.8. The predicted octanol–water partition coefficient (Wildman–Crippen LogP) is -1.27.